The molecular formula is C55H39NO. The Kier molecular flexibility index (Phi) is 7.55. The first-order valence-corrected chi connectivity index (χ1v) is 19.8. The van der Waals surface area contributed by atoms with E-state index in [1.165, 1.54) is 66.5 Å². The van der Waals surface area contributed by atoms with Crippen LogP contribution in [0.3, 0.4) is 0 Å². The molecule has 0 N–H and O–H groups in total. The van der Waals surface area contributed by atoms with Crippen LogP contribution in [0.5, 0.6) is 0 Å². The zero-order valence-corrected chi connectivity index (χ0v) is 31.9. The van der Waals surface area contributed by atoms with E-state index in [9.17, 15) is 0 Å². The normalized spacial score (nSPS) is 12.9. The van der Waals surface area contributed by atoms with Crippen molar-refractivity contribution >= 4 is 49.8 Å². The highest BCUT2D eigenvalue weighted by molar-refractivity contribution is 6.22. The zero-order chi connectivity index (χ0) is 38.1. The van der Waals surface area contributed by atoms with Gasteiger partial charge < -0.3 is 9.32 Å². The number of para-hydroxylation sites is 2. The van der Waals surface area contributed by atoms with Crippen LogP contribution in [0.15, 0.2) is 205 Å². The van der Waals surface area contributed by atoms with Crippen LogP contribution in [-0.4, -0.2) is 0 Å². The average Bonchev–Trinajstić information content (AvgIpc) is 3.77. The minimum atomic E-state index is -0.225. The van der Waals surface area contributed by atoms with Gasteiger partial charge in [0.05, 0.1) is 11.4 Å². The molecule has 0 bridgehead atoms. The first-order chi connectivity index (χ1) is 28.1. The molecule has 0 fully saturated rings. The quantitative estimate of drug-likeness (QED) is 0.169. The maximum absolute atomic E-state index is 6.37. The molecule has 0 aliphatic heterocycles. The third-order valence-electron chi connectivity index (χ3n) is 12.0. The van der Waals surface area contributed by atoms with Gasteiger partial charge in [-0.1, -0.05) is 184 Å². The van der Waals surface area contributed by atoms with Crippen molar-refractivity contribution in [3.63, 3.8) is 0 Å². The van der Waals surface area contributed by atoms with Crippen LogP contribution >= 0.6 is 0 Å². The molecule has 0 amide bonds. The van der Waals surface area contributed by atoms with Crippen LogP contribution in [0.2, 0.25) is 0 Å². The maximum atomic E-state index is 6.37. The molecule has 11 rings (SSSR count). The van der Waals surface area contributed by atoms with Crippen LogP contribution in [0.4, 0.5) is 17.1 Å². The number of rotatable bonds is 6. The molecule has 270 valence electrons. The van der Waals surface area contributed by atoms with Crippen molar-refractivity contribution in [1.82, 2.24) is 0 Å². The smallest absolute Gasteiger partial charge is 0.136 e. The van der Waals surface area contributed by atoms with E-state index in [1.807, 2.05) is 6.07 Å². The van der Waals surface area contributed by atoms with Crippen molar-refractivity contribution in [3.05, 3.63) is 211 Å². The lowest BCUT2D eigenvalue weighted by Gasteiger charge is -2.35. The lowest BCUT2D eigenvalue weighted by atomic mass is 9.81. The molecule has 0 unspecified atom stereocenters. The Morgan fingerprint density at radius 3 is 1.74 bits per heavy atom. The molecule has 0 radical (unpaired) electrons. The molecule has 10 aromatic rings. The minimum Gasteiger partial charge on any atom is -0.456 e. The topological polar surface area (TPSA) is 16.4 Å². The summed E-state index contributed by atoms with van der Waals surface area (Å²) in [5.74, 6) is 0. The first-order valence-electron chi connectivity index (χ1n) is 19.8. The monoisotopic (exact) mass is 729 g/mol. The molecule has 9 aromatic carbocycles. The molecule has 0 atom stereocenters. The van der Waals surface area contributed by atoms with E-state index in [0.29, 0.717) is 0 Å². The van der Waals surface area contributed by atoms with Crippen LogP contribution in [-0.2, 0) is 5.41 Å². The van der Waals surface area contributed by atoms with E-state index in [0.717, 1.165) is 38.9 Å². The number of fused-ring (bicyclic) bond motifs is 8. The highest BCUT2D eigenvalue weighted by atomic mass is 16.3. The SMILES string of the molecule is CC1(C)c2ccccc2-c2cccc(N(c3ccc(-c4cccc5ccc6oc7ccccc7c6c45)cc3)c3c(-c4ccccc4)cccc3-c3ccccc3)c21. The minimum absolute atomic E-state index is 0.225. The van der Waals surface area contributed by atoms with Gasteiger partial charge in [-0.15, -0.1) is 0 Å². The molecule has 1 heterocycles. The number of hydrogen-bond donors (Lipinski definition) is 0. The van der Waals surface area contributed by atoms with Gasteiger partial charge in [-0.05, 0) is 80.2 Å². The Balaban J connectivity index is 1.18. The van der Waals surface area contributed by atoms with Gasteiger partial charge in [0.2, 0.25) is 0 Å². The highest BCUT2D eigenvalue weighted by Crippen LogP contribution is 2.56. The molecular weight excluding hydrogens is 691 g/mol. The Morgan fingerprint density at radius 1 is 0.404 bits per heavy atom. The summed E-state index contributed by atoms with van der Waals surface area (Å²) in [6.45, 7) is 4.76. The highest BCUT2D eigenvalue weighted by Gasteiger charge is 2.39. The summed E-state index contributed by atoms with van der Waals surface area (Å²) in [6, 6.07) is 72.7. The maximum Gasteiger partial charge on any atom is 0.136 e. The van der Waals surface area contributed by atoms with Gasteiger partial charge in [-0.2, -0.15) is 0 Å². The van der Waals surface area contributed by atoms with Crippen LogP contribution < -0.4 is 4.90 Å². The number of hydrogen-bond acceptors (Lipinski definition) is 2. The summed E-state index contributed by atoms with van der Waals surface area (Å²) in [6.07, 6.45) is 0. The van der Waals surface area contributed by atoms with Crippen molar-refractivity contribution in [2.75, 3.05) is 4.90 Å². The summed E-state index contributed by atoms with van der Waals surface area (Å²) in [5, 5.41) is 4.71. The number of furan rings is 1. The fraction of sp³-hybridized carbons (Fsp3) is 0.0545. The summed E-state index contributed by atoms with van der Waals surface area (Å²) in [4.78, 5) is 2.53. The summed E-state index contributed by atoms with van der Waals surface area (Å²) >= 11 is 0. The fourth-order valence-corrected chi connectivity index (χ4v) is 9.50. The summed E-state index contributed by atoms with van der Waals surface area (Å²) in [5.41, 5.74) is 17.4. The Morgan fingerprint density at radius 2 is 0.982 bits per heavy atom. The van der Waals surface area contributed by atoms with Crippen LogP contribution in [0, 0.1) is 0 Å². The predicted molar refractivity (Wildman–Crippen MR) is 240 cm³/mol. The largest absolute Gasteiger partial charge is 0.456 e. The lowest BCUT2D eigenvalue weighted by molar-refractivity contribution is 0.661. The van der Waals surface area contributed by atoms with Gasteiger partial charge in [0.25, 0.3) is 0 Å². The van der Waals surface area contributed by atoms with Gasteiger partial charge >= 0.3 is 0 Å². The van der Waals surface area contributed by atoms with Crippen molar-refractivity contribution in [2.24, 2.45) is 0 Å². The fourth-order valence-electron chi connectivity index (χ4n) is 9.50. The van der Waals surface area contributed by atoms with Crippen LogP contribution in [0.25, 0.3) is 77.2 Å². The van der Waals surface area contributed by atoms with E-state index < -0.39 is 0 Å². The second-order valence-corrected chi connectivity index (χ2v) is 15.6. The van der Waals surface area contributed by atoms with E-state index in [-0.39, 0.29) is 5.41 Å². The van der Waals surface area contributed by atoms with Gasteiger partial charge in [0, 0.05) is 38.4 Å². The molecule has 2 nitrogen and oxygen atoms in total. The molecule has 1 aromatic heterocycles. The molecule has 0 saturated carbocycles. The van der Waals surface area contributed by atoms with Crippen molar-refractivity contribution < 1.29 is 4.42 Å². The molecule has 57 heavy (non-hydrogen) atoms. The predicted octanol–water partition coefficient (Wildman–Crippen LogP) is 15.5. The number of benzene rings is 9. The summed E-state index contributed by atoms with van der Waals surface area (Å²) in [7, 11) is 0. The summed E-state index contributed by atoms with van der Waals surface area (Å²) < 4.78 is 6.37. The van der Waals surface area contributed by atoms with Crippen molar-refractivity contribution in [1.29, 1.82) is 0 Å². The average molecular weight is 730 g/mol. The van der Waals surface area contributed by atoms with Crippen molar-refractivity contribution in [2.45, 2.75) is 19.3 Å². The van der Waals surface area contributed by atoms with Gasteiger partial charge in [0.15, 0.2) is 0 Å². The van der Waals surface area contributed by atoms with Gasteiger partial charge in [-0.25, -0.2) is 0 Å². The van der Waals surface area contributed by atoms with Crippen molar-refractivity contribution in [3.8, 4) is 44.5 Å². The van der Waals surface area contributed by atoms with Gasteiger partial charge in [-0.3, -0.25) is 0 Å². The zero-order valence-electron chi connectivity index (χ0n) is 31.9. The molecule has 1 aliphatic rings. The van der Waals surface area contributed by atoms with E-state index in [2.05, 4.69) is 213 Å². The van der Waals surface area contributed by atoms with E-state index in [4.69, 9.17) is 4.42 Å². The molecule has 2 heteroatoms. The Bertz CT molecular complexity index is 3080. The third-order valence-corrected chi connectivity index (χ3v) is 12.0. The second kappa shape index (κ2) is 13.0. The first kappa shape index (κ1) is 33.2. The number of anilines is 3. The Labute approximate surface area is 332 Å². The molecule has 0 saturated heterocycles. The second-order valence-electron chi connectivity index (χ2n) is 15.6. The van der Waals surface area contributed by atoms with E-state index in [1.54, 1.807) is 0 Å². The number of nitrogens with zero attached hydrogens (tertiary/aromatic N) is 1. The van der Waals surface area contributed by atoms with Gasteiger partial charge in [0.1, 0.15) is 11.2 Å². The Hall–Kier alpha value is -7.16. The standard InChI is InChI=1S/C55H39NO/c1-55(2)47-27-11-9-21-44(47)45-26-15-28-48(53(45)55)56(54-42(36-16-5-3-6-17-36)24-14-25-43(54)37-18-7-4-8-19-37)40-33-30-38(31-34-40)41-23-13-20-39-32-35-50-52(51(39)41)46-22-10-12-29-49(46)57-50/h3-35H,1-2H3. The molecule has 1 aliphatic carbocycles. The van der Waals surface area contributed by atoms with E-state index >= 15 is 0 Å². The lowest BCUT2D eigenvalue weighted by Crippen LogP contribution is -2.21. The molecule has 0 spiro atoms. The van der Waals surface area contributed by atoms with Crippen LogP contribution in [0.1, 0.15) is 25.0 Å². The third kappa shape index (κ3) is 5.18.